The second kappa shape index (κ2) is 7.44. The average Bonchev–Trinajstić information content (AvgIpc) is 2.68. The number of aromatic nitrogens is 2. The number of rotatable bonds is 8. The van der Waals surface area contributed by atoms with Crippen LogP contribution in [0.5, 0.6) is 0 Å². The number of nitrogens with zero attached hydrogens (tertiary/aromatic N) is 2. The van der Waals surface area contributed by atoms with E-state index < -0.39 is 10.0 Å². The molecular formula is C11H20IN3O2S. The fraction of sp³-hybridized carbons (Fsp3) is 0.727. The highest BCUT2D eigenvalue weighted by Gasteiger charge is 2.18. The lowest BCUT2D eigenvalue weighted by Gasteiger charge is -2.03. The monoisotopic (exact) mass is 385 g/mol. The van der Waals surface area contributed by atoms with Gasteiger partial charge in [0.05, 0.1) is 0 Å². The molecule has 7 heteroatoms. The Hall–Kier alpha value is -0.150. The van der Waals surface area contributed by atoms with E-state index in [2.05, 4.69) is 39.2 Å². The Bertz CT molecular complexity index is 471. The molecule has 1 rings (SSSR count). The smallest absolute Gasteiger partial charge is 0.259 e. The van der Waals surface area contributed by atoms with E-state index >= 15 is 0 Å². The van der Waals surface area contributed by atoms with Crippen LogP contribution in [0.15, 0.2) is 11.2 Å². The Morgan fingerprint density at radius 1 is 1.44 bits per heavy atom. The predicted octanol–water partition coefficient (Wildman–Crippen LogP) is 2.10. The van der Waals surface area contributed by atoms with E-state index in [9.17, 15) is 8.42 Å². The van der Waals surface area contributed by atoms with Gasteiger partial charge >= 0.3 is 0 Å². The minimum Gasteiger partial charge on any atom is -0.334 e. The number of hydrogen-bond donors (Lipinski definition) is 1. The first-order valence-corrected chi connectivity index (χ1v) is 9.11. The number of unbranched alkanes of at least 4 members (excludes halogenated alkanes) is 1. The third-order valence-corrected chi connectivity index (χ3v) is 4.64. The van der Waals surface area contributed by atoms with Crippen molar-refractivity contribution in [3.63, 3.8) is 0 Å². The number of imidazole rings is 1. The Balaban J connectivity index is 2.69. The van der Waals surface area contributed by atoms with Gasteiger partial charge in [-0.05, 0) is 30.6 Å². The lowest BCUT2D eigenvalue weighted by molar-refractivity contribution is 0.575. The van der Waals surface area contributed by atoms with Crippen molar-refractivity contribution in [3.8, 4) is 0 Å². The van der Waals surface area contributed by atoms with Crippen molar-refractivity contribution in [2.45, 2.75) is 44.7 Å². The Morgan fingerprint density at radius 2 is 2.17 bits per heavy atom. The zero-order valence-electron chi connectivity index (χ0n) is 10.8. The number of nitrogens with one attached hydrogen (secondary N) is 1. The van der Waals surface area contributed by atoms with Crippen LogP contribution in [-0.4, -0.2) is 28.9 Å². The maximum atomic E-state index is 12.0. The van der Waals surface area contributed by atoms with Crippen molar-refractivity contribution < 1.29 is 8.42 Å². The van der Waals surface area contributed by atoms with Crippen LogP contribution in [0.3, 0.4) is 0 Å². The zero-order valence-corrected chi connectivity index (χ0v) is 13.8. The van der Waals surface area contributed by atoms with Gasteiger partial charge in [-0.3, -0.25) is 0 Å². The summed E-state index contributed by atoms with van der Waals surface area (Å²) in [5.41, 5.74) is 0. The molecule has 0 aliphatic carbocycles. The van der Waals surface area contributed by atoms with E-state index in [0.717, 1.165) is 36.1 Å². The Labute approximate surface area is 123 Å². The van der Waals surface area contributed by atoms with Crippen molar-refractivity contribution in [2.24, 2.45) is 0 Å². The van der Waals surface area contributed by atoms with Gasteiger partial charge in [-0.2, -0.15) is 0 Å². The molecule has 5 nitrogen and oxygen atoms in total. The summed E-state index contributed by atoms with van der Waals surface area (Å²) in [7, 11) is -3.45. The van der Waals surface area contributed by atoms with Crippen molar-refractivity contribution in [2.75, 3.05) is 11.0 Å². The molecule has 1 aromatic rings. The van der Waals surface area contributed by atoms with E-state index in [1.54, 1.807) is 6.20 Å². The van der Waals surface area contributed by atoms with Crippen molar-refractivity contribution in [3.05, 3.63) is 12.0 Å². The molecule has 104 valence electrons. The molecule has 0 saturated heterocycles. The number of sulfonamides is 1. The first-order chi connectivity index (χ1) is 8.51. The van der Waals surface area contributed by atoms with Crippen LogP contribution in [0, 0.1) is 6.92 Å². The summed E-state index contributed by atoms with van der Waals surface area (Å²) in [4.78, 5) is 4.11. The molecule has 0 bridgehead atoms. The largest absolute Gasteiger partial charge is 0.334 e. The fourth-order valence-electron chi connectivity index (χ4n) is 1.58. The van der Waals surface area contributed by atoms with Gasteiger partial charge in [0.1, 0.15) is 5.82 Å². The third-order valence-electron chi connectivity index (χ3n) is 2.55. The van der Waals surface area contributed by atoms with Gasteiger partial charge in [0.2, 0.25) is 0 Å². The van der Waals surface area contributed by atoms with Gasteiger partial charge in [-0.25, -0.2) is 18.1 Å². The van der Waals surface area contributed by atoms with Gasteiger partial charge in [-0.15, -0.1) is 0 Å². The normalized spacial score (nSPS) is 11.9. The van der Waals surface area contributed by atoms with E-state index in [1.165, 1.54) is 0 Å². The van der Waals surface area contributed by atoms with Crippen LogP contribution < -0.4 is 4.72 Å². The molecule has 0 amide bonds. The highest BCUT2D eigenvalue weighted by atomic mass is 127. The maximum Gasteiger partial charge on any atom is 0.259 e. The number of hydrogen-bond acceptors (Lipinski definition) is 3. The molecule has 1 heterocycles. The van der Waals surface area contributed by atoms with Crippen LogP contribution in [0.4, 0.5) is 0 Å². The number of alkyl halides is 1. The third kappa shape index (κ3) is 4.51. The predicted molar refractivity (Wildman–Crippen MR) is 80.6 cm³/mol. The van der Waals surface area contributed by atoms with Gasteiger partial charge < -0.3 is 4.57 Å². The molecule has 0 saturated carbocycles. The molecule has 0 aromatic carbocycles. The van der Waals surface area contributed by atoms with Crippen LogP contribution >= 0.6 is 22.6 Å². The van der Waals surface area contributed by atoms with Crippen LogP contribution in [0.25, 0.3) is 0 Å². The first-order valence-electron chi connectivity index (χ1n) is 6.10. The molecule has 0 fully saturated rings. The van der Waals surface area contributed by atoms with Gasteiger partial charge in [0.25, 0.3) is 10.0 Å². The molecule has 1 aromatic heterocycles. The molecule has 0 aliphatic rings. The quantitative estimate of drug-likeness (QED) is 0.424. The molecule has 0 atom stereocenters. The van der Waals surface area contributed by atoms with Crippen molar-refractivity contribution in [1.82, 2.24) is 14.3 Å². The molecule has 0 radical (unpaired) electrons. The molecule has 0 spiro atoms. The van der Waals surface area contributed by atoms with E-state index in [0.29, 0.717) is 6.54 Å². The summed E-state index contributed by atoms with van der Waals surface area (Å²) in [6, 6.07) is 0. The molecule has 1 N–H and O–H groups in total. The molecule has 0 unspecified atom stereocenters. The lowest BCUT2D eigenvalue weighted by Crippen LogP contribution is -2.25. The molecule has 18 heavy (non-hydrogen) atoms. The maximum absolute atomic E-state index is 12.0. The Kier molecular flexibility index (Phi) is 6.58. The minimum atomic E-state index is -3.45. The number of aryl methyl sites for hydroxylation is 2. The van der Waals surface area contributed by atoms with Crippen molar-refractivity contribution in [1.29, 1.82) is 0 Å². The second-order valence-corrected chi connectivity index (χ2v) is 6.91. The van der Waals surface area contributed by atoms with E-state index in [4.69, 9.17) is 0 Å². The van der Waals surface area contributed by atoms with Crippen molar-refractivity contribution >= 4 is 32.6 Å². The standard InChI is InChI=1S/C11H20IN3O2S/c1-3-8-15-9-11(14-10(15)2)18(16,17)13-7-5-4-6-12/h9,13H,3-8H2,1-2H3. The number of halogens is 1. The highest BCUT2D eigenvalue weighted by molar-refractivity contribution is 14.1. The average molecular weight is 385 g/mol. The van der Waals surface area contributed by atoms with Gasteiger partial charge in [0, 0.05) is 19.3 Å². The Morgan fingerprint density at radius 3 is 2.78 bits per heavy atom. The fourth-order valence-corrected chi connectivity index (χ4v) is 3.19. The van der Waals surface area contributed by atoms with E-state index in [1.807, 2.05) is 11.5 Å². The topological polar surface area (TPSA) is 64.0 Å². The summed E-state index contributed by atoms with van der Waals surface area (Å²) >= 11 is 2.28. The highest BCUT2D eigenvalue weighted by Crippen LogP contribution is 2.09. The summed E-state index contributed by atoms with van der Waals surface area (Å²) < 4.78 is 29.5. The summed E-state index contributed by atoms with van der Waals surface area (Å²) in [6.45, 7) is 5.15. The minimum absolute atomic E-state index is 0.128. The SMILES string of the molecule is CCCn1cc(S(=O)(=O)NCCCCI)nc1C. The lowest BCUT2D eigenvalue weighted by atomic mass is 10.3. The molecular weight excluding hydrogens is 365 g/mol. The first kappa shape index (κ1) is 15.9. The van der Waals surface area contributed by atoms with Crippen LogP contribution in [-0.2, 0) is 16.6 Å². The van der Waals surface area contributed by atoms with Crippen LogP contribution in [0.1, 0.15) is 32.0 Å². The second-order valence-electron chi connectivity index (χ2n) is 4.11. The van der Waals surface area contributed by atoms with Gasteiger partial charge in [-0.1, -0.05) is 29.5 Å². The van der Waals surface area contributed by atoms with Gasteiger partial charge in [0.15, 0.2) is 5.03 Å². The van der Waals surface area contributed by atoms with Crippen LogP contribution in [0.2, 0.25) is 0 Å². The summed E-state index contributed by atoms with van der Waals surface area (Å²) in [5.74, 6) is 0.740. The van der Waals surface area contributed by atoms with E-state index in [-0.39, 0.29) is 5.03 Å². The zero-order chi connectivity index (χ0) is 13.6. The molecule has 0 aliphatic heterocycles. The summed E-state index contributed by atoms with van der Waals surface area (Å²) in [5, 5.41) is 0.128. The summed E-state index contributed by atoms with van der Waals surface area (Å²) in [6.07, 6.45) is 4.45.